The highest BCUT2D eigenvalue weighted by molar-refractivity contribution is 5.96. The fourth-order valence-electron chi connectivity index (χ4n) is 1.52. The minimum absolute atomic E-state index is 0.0754. The third-order valence-electron chi connectivity index (χ3n) is 2.57. The molecule has 1 rings (SSSR count). The van der Waals surface area contributed by atoms with Gasteiger partial charge >= 0.3 is 5.97 Å². The van der Waals surface area contributed by atoms with Crippen LogP contribution in [0.5, 0.6) is 0 Å². The summed E-state index contributed by atoms with van der Waals surface area (Å²) in [4.78, 5) is 22.9. The monoisotopic (exact) mass is 246 g/mol. The number of nitriles is 1. The van der Waals surface area contributed by atoms with E-state index in [1.807, 2.05) is 6.07 Å². The molecule has 0 aliphatic heterocycles. The Kier molecular flexibility index (Phi) is 4.88. The SMILES string of the molecule is C[C@@H](CC#N)[C@@H](NC(=O)c1ccccc1)C(=O)O. The molecule has 2 atom stereocenters. The van der Waals surface area contributed by atoms with Crippen LogP contribution in [0.4, 0.5) is 0 Å². The van der Waals surface area contributed by atoms with Gasteiger partial charge in [-0.15, -0.1) is 0 Å². The summed E-state index contributed by atoms with van der Waals surface area (Å²) in [5, 5.41) is 20.0. The van der Waals surface area contributed by atoms with Crippen molar-refractivity contribution < 1.29 is 14.7 Å². The van der Waals surface area contributed by atoms with Gasteiger partial charge in [0.2, 0.25) is 0 Å². The van der Waals surface area contributed by atoms with Gasteiger partial charge in [-0.2, -0.15) is 5.26 Å². The average molecular weight is 246 g/mol. The highest BCUT2D eigenvalue weighted by Gasteiger charge is 2.26. The van der Waals surface area contributed by atoms with Crippen molar-refractivity contribution in [3.63, 3.8) is 0 Å². The maximum absolute atomic E-state index is 11.8. The molecular formula is C13H14N2O3. The van der Waals surface area contributed by atoms with Crippen molar-refractivity contribution in [2.75, 3.05) is 0 Å². The first-order valence-electron chi connectivity index (χ1n) is 5.52. The Morgan fingerprint density at radius 3 is 2.50 bits per heavy atom. The average Bonchev–Trinajstić information content (AvgIpc) is 2.36. The molecule has 0 unspecified atom stereocenters. The van der Waals surface area contributed by atoms with Gasteiger partial charge in [0.05, 0.1) is 6.07 Å². The van der Waals surface area contributed by atoms with E-state index in [1.54, 1.807) is 37.3 Å². The van der Waals surface area contributed by atoms with Crippen LogP contribution in [0.1, 0.15) is 23.7 Å². The number of aliphatic carboxylic acids is 1. The number of nitrogens with zero attached hydrogens (tertiary/aromatic N) is 1. The first-order chi connectivity index (χ1) is 8.56. The van der Waals surface area contributed by atoms with Gasteiger partial charge in [0.1, 0.15) is 6.04 Å². The van der Waals surface area contributed by atoms with E-state index in [-0.39, 0.29) is 6.42 Å². The van der Waals surface area contributed by atoms with E-state index in [0.29, 0.717) is 5.56 Å². The molecule has 0 radical (unpaired) electrons. The summed E-state index contributed by atoms with van der Waals surface area (Å²) < 4.78 is 0. The standard InChI is InChI=1S/C13H14N2O3/c1-9(7-8-14)11(13(17)18)15-12(16)10-5-3-2-4-6-10/h2-6,9,11H,7H2,1H3,(H,15,16)(H,17,18)/t9-,11+/m0/s1. The highest BCUT2D eigenvalue weighted by atomic mass is 16.4. The minimum atomic E-state index is -1.14. The molecule has 0 bridgehead atoms. The second kappa shape index (κ2) is 6.40. The normalized spacial score (nSPS) is 13.1. The summed E-state index contributed by atoms with van der Waals surface area (Å²) in [6, 6.07) is 9.21. The molecule has 5 nitrogen and oxygen atoms in total. The molecule has 0 saturated carbocycles. The van der Waals surface area contributed by atoms with E-state index in [9.17, 15) is 9.59 Å². The molecule has 5 heteroatoms. The Labute approximate surface area is 105 Å². The van der Waals surface area contributed by atoms with Gasteiger partial charge < -0.3 is 10.4 Å². The van der Waals surface area contributed by atoms with Crippen molar-refractivity contribution in [3.8, 4) is 6.07 Å². The molecule has 0 aliphatic rings. The van der Waals surface area contributed by atoms with Crippen LogP contribution in [0.15, 0.2) is 30.3 Å². The largest absolute Gasteiger partial charge is 0.480 e. The van der Waals surface area contributed by atoms with Gasteiger partial charge in [0, 0.05) is 17.9 Å². The number of carboxylic acid groups (broad SMARTS) is 1. The van der Waals surface area contributed by atoms with Crippen molar-refractivity contribution in [1.29, 1.82) is 5.26 Å². The van der Waals surface area contributed by atoms with Crippen LogP contribution in [-0.4, -0.2) is 23.0 Å². The van der Waals surface area contributed by atoms with Crippen LogP contribution < -0.4 is 5.32 Å². The number of rotatable bonds is 5. The summed E-state index contributed by atoms with van der Waals surface area (Å²) in [7, 11) is 0. The van der Waals surface area contributed by atoms with Crippen LogP contribution in [0.2, 0.25) is 0 Å². The fourth-order valence-corrected chi connectivity index (χ4v) is 1.52. The molecule has 0 spiro atoms. The number of hydrogen-bond donors (Lipinski definition) is 2. The van der Waals surface area contributed by atoms with Crippen LogP contribution in [0.3, 0.4) is 0 Å². The summed E-state index contributed by atoms with van der Waals surface area (Å²) >= 11 is 0. The van der Waals surface area contributed by atoms with Crippen molar-refractivity contribution in [2.45, 2.75) is 19.4 Å². The lowest BCUT2D eigenvalue weighted by atomic mass is 9.98. The van der Waals surface area contributed by atoms with Gasteiger partial charge in [0.25, 0.3) is 5.91 Å². The first-order valence-corrected chi connectivity index (χ1v) is 5.52. The second-order valence-corrected chi connectivity index (χ2v) is 3.99. The van der Waals surface area contributed by atoms with Gasteiger partial charge in [-0.25, -0.2) is 4.79 Å². The van der Waals surface area contributed by atoms with Crippen LogP contribution in [0.25, 0.3) is 0 Å². The van der Waals surface area contributed by atoms with Crippen molar-refractivity contribution >= 4 is 11.9 Å². The van der Waals surface area contributed by atoms with Crippen LogP contribution in [-0.2, 0) is 4.79 Å². The zero-order valence-electron chi connectivity index (χ0n) is 9.96. The Hall–Kier alpha value is -2.35. The molecule has 1 amide bonds. The molecule has 0 aromatic heterocycles. The minimum Gasteiger partial charge on any atom is -0.480 e. The fraction of sp³-hybridized carbons (Fsp3) is 0.308. The van der Waals surface area contributed by atoms with E-state index >= 15 is 0 Å². The van der Waals surface area contributed by atoms with Gasteiger partial charge in [0.15, 0.2) is 0 Å². The molecule has 0 fully saturated rings. The molecule has 18 heavy (non-hydrogen) atoms. The first kappa shape index (κ1) is 13.7. The quantitative estimate of drug-likeness (QED) is 0.822. The maximum atomic E-state index is 11.8. The molecular weight excluding hydrogens is 232 g/mol. The van der Waals surface area contributed by atoms with E-state index in [4.69, 9.17) is 10.4 Å². The third-order valence-corrected chi connectivity index (χ3v) is 2.57. The number of amides is 1. The molecule has 2 N–H and O–H groups in total. The molecule has 94 valence electrons. The van der Waals surface area contributed by atoms with Crippen LogP contribution in [0, 0.1) is 17.2 Å². The van der Waals surface area contributed by atoms with Crippen molar-refractivity contribution in [2.24, 2.45) is 5.92 Å². The van der Waals surface area contributed by atoms with Gasteiger partial charge in [-0.05, 0) is 12.1 Å². The van der Waals surface area contributed by atoms with Gasteiger partial charge in [-0.1, -0.05) is 25.1 Å². The summed E-state index contributed by atoms with van der Waals surface area (Å²) in [6.45, 7) is 1.62. The molecule has 0 saturated heterocycles. The second-order valence-electron chi connectivity index (χ2n) is 3.99. The van der Waals surface area contributed by atoms with E-state index in [0.717, 1.165) is 0 Å². The number of nitrogens with one attached hydrogen (secondary N) is 1. The topological polar surface area (TPSA) is 90.2 Å². The predicted molar refractivity (Wildman–Crippen MR) is 64.7 cm³/mol. The highest BCUT2D eigenvalue weighted by Crippen LogP contribution is 2.09. The lowest BCUT2D eigenvalue weighted by Crippen LogP contribution is -2.45. The van der Waals surface area contributed by atoms with Gasteiger partial charge in [-0.3, -0.25) is 4.79 Å². The Morgan fingerprint density at radius 1 is 1.39 bits per heavy atom. The van der Waals surface area contributed by atoms with Crippen molar-refractivity contribution in [3.05, 3.63) is 35.9 Å². The zero-order chi connectivity index (χ0) is 13.5. The zero-order valence-corrected chi connectivity index (χ0v) is 9.96. The molecule has 1 aromatic carbocycles. The van der Waals surface area contributed by atoms with Crippen LogP contribution >= 0.6 is 0 Å². The van der Waals surface area contributed by atoms with E-state index in [1.165, 1.54) is 0 Å². The van der Waals surface area contributed by atoms with Crippen molar-refractivity contribution in [1.82, 2.24) is 5.32 Å². The molecule has 1 aromatic rings. The summed E-state index contributed by atoms with van der Waals surface area (Å²) in [5.41, 5.74) is 0.396. The van der Waals surface area contributed by atoms with E-state index < -0.39 is 23.8 Å². The molecule has 0 aliphatic carbocycles. The summed E-state index contributed by atoms with van der Waals surface area (Å²) in [5.74, 6) is -2.03. The third kappa shape index (κ3) is 3.59. The predicted octanol–water partition coefficient (Wildman–Crippen LogP) is 1.42. The summed E-state index contributed by atoms with van der Waals surface area (Å²) in [6.07, 6.45) is 0.0754. The van der Waals surface area contributed by atoms with E-state index in [2.05, 4.69) is 5.32 Å². The maximum Gasteiger partial charge on any atom is 0.326 e. The number of carboxylic acids is 1. The Balaban J connectivity index is 2.77. The number of carbonyl (C=O) groups is 2. The lowest BCUT2D eigenvalue weighted by Gasteiger charge is -2.19. The Bertz CT molecular complexity index is 465. The number of benzene rings is 1. The molecule has 0 heterocycles. The number of hydrogen-bond acceptors (Lipinski definition) is 3. The smallest absolute Gasteiger partial charge is 0.326 e. The lowest BCUT2D eigenvalue weighted by molar-refractivity contribution is -0.140. The Morgan fingerprint density at radius 2 is 2.00 bits per heavy atom. The number of carbonyl (C=O) groups excluding carboxylic acids is 1.